The molecule has 0 spiro atoms. The van der Waals surface area contributed by atoms with Crippen LogP contribution in [-0.2, 0) is 6.54 Å². The Morgan fingerprint density at radius 1 is 1.43 bits per heavy atom. The van der Waals surface area contributed by atoms with Crippen LogP contribution >= 0.6 is 24.0 Å². The first-order valence-electron chi connectivity index (χ1n) is 6.51. The lowest BCUT2D eigenvalue weighted by molar-refractivity contribution is -0.0504. The summed E-state index contributed by atoms with van der Waals surface area (Å²) in [5, 5.41) is 2.85. The summed E-state index contributed by atoms with van der Waals surface area (Å²) in [7, 11) is 0. The maximum absolute atomic E-state index is 12.5. The van der Waals surface area contributed by atoms with Crippen LogP contribution in [0.3, 0.4) is 0 Å². The molecule has 1 aliphatic heterocycles. The Bertz CT molecular complexity index is 597. The molecule has 0 radical (unpaired) electrons. The summed E-state index contributed by atoms with van der Waals surface area (Å²) in [5.41, 5.74) is 7.00. The van der Waals surface area contributed by atoms with E-state index in [1.54, 1.807) is 6.07 Å². The highest BCUT2D eigenvalue weighted by atomic mass is 127. The zero-order chi connectivity index (χ0) is 16.1. The minimum Gasteiger partial charge on any atom is -0.454 e. The van der Waals surface area contributed by atoms with Gasteiger partial charge in [-0.05, 0) is 13.0 Å². The normalized spacial score (nSPS) is 12.8. The molecule has 0 bridgehead atoms. The number of hydrogen-bond acceptors (Lipinski definition) is 4. The molecule has 2 rings (SSSR count). The Morgan fingerprint density at radius 3 is 2.70 bits per heavy atom. The summed E-state index contributed by atoms with van der Waals surface area (Å²) >= 11 is 0. The lowest BCUT2D eigenvalue weighted by Crippen LogP contribution is -2.32. The van der Waals surface area contributed by atoms with E-state index >= 15 is 0 Å². The third-order valence-corrected chi connectivity index (χ3v) is 2.76. The fourth-order valence-corrected chi connectivity index (χ4v) is 1.76. The minimum absolute atomic E-state index is 0. The Hall–Kier alpha value is -1.78. The molecule has 1 heterocycles. The quantitative estimate of drug-likeness (QED) is 0.307. The number of halogens is 3. The third kappa shape index (κ3) is 5.73. The molecule has 1 aromatic carbocycles. The second-order valence-electron chi connectivity index (χ2n) is 4.70. The zero-order valence-corrected chi connectivity index (χ0v) is 14.8. The van der Waals surface area contributed by atoms with Gasteiger partial charge in [0.2, 0.25) is 6.79 Å². The predicted molar refractivity (Wildman–Crippen MR) is 92.8 cm³/mol. The van der Waals surface area contributed by atoms with Crippen molar-refractivity contribution in [3.8, 4) is 17.2 Å². The number of benzene rings is 1. The van der Waals surface area contributed by atoms with E-state index in [-0.39, 0.29) is 49.0 Å². The number of nitrogens with zero attached hydrogens (tertiary/aromatic N) is 1. The lowest BCUT2D eigenvalue weighted by atomic mass is 10.1. The highest BCUT2D eigenvalue weighted by molar-refractivity contribution is 14.0. The molecule has 9 heteroatoms. The molecule has 0 amide bonds. The summed E-state index contributed by atoms with van der Waals surface area (Å²) in [6.45, 7) is 3.21. The number of rotatable bonds is 6. The summed E-state index contributed by atoms with van der Waals surface area (Å²) in [6, 6.07) is 2.91. The first-order chi connectivity index (χ1) is 10.5. The van der Waals surface area contributed by atoms with Gasteiger partial charge in [-0.25, -0.2) is 4.99 Å². The minimum atomic E-state index is -2.94. The fourth-order valence-electron chi connectivity index (χ4n) is 1.76. The van der Waals surface area contributed by atoms with Crippen LogP contribution in [0.2, 0.25) is 0 Å². The van der Waals surface area contributed by atoms with E-state index in [0.717, 1.165) is 5.57 Å². The van der Waals surface area contributed by atoms with Crippen molar-refractivity contribution in [2.45, 2.75) is 20.1 Å². The van der Waals surface area contributed by atoms with Crippen LogP contribution in [0.1, 0.15) is 12.5 Å². The van der Waals surface area contributed by atoms with Gasteiger partial charge in [0, 0.05) is 18.2 Å². The van der Waals surface area contributed by atoms with Crippen molar-refractivity contribution in [2.24, 2.45) is 10.7 Å². The highest BCUT2D eigenvalue weighted by Crippen LogP contribution is 2.38. The monoisotopic (exact) mass is 441 g/mol. The van der Waals surface area contributed by atoms with Gasteiger partial charge in [0.25, 0.3) is 0 Å². The van der Waals surface area contributed by atoms with Crippen LogP contribution in [0.4, 0.5) is 8.78 Å². The lowest BCUT2D eigenvalue weighted by Gasteiger charge is -2.11. The Kier molecular flexibility index (Phi) is 7.33. The molecule has 1 aliphatic rings. The highest BCUT2D eigenvalue weighted by Gasteiger charge is 2.19. The Labute approximate surface area is 149 Å². The topological polar surface area (TPSA) is 78.1 Å². The molecule has 1 aromatic rings. The maximum Gasteiger partial charge on any atom is 0.387 e. The molecule has 3 N–H and O–H groups in total. The first kappa shape index (κ1) is 19.3. The smallest absolute Gasteiger partial charge is 0.387 e. The van der Waals surface area contributed by atoms with Crippen molar-refractivity contribution in [2.75, 3.05) is 13.3 Å². The molecular weight excluding hydrogens is 423 g/mol. The van der Waals surface area contributed by atoms with Gasteiger partial charge in [-0.3, -0.25) is 0 Å². The molecule has 0 atom stereocenters. The molecule has 0 aliphatic carbocycles. The van der Waals surface area contributed by atoms with E-state index in [9.17, 15) is 8.78 Å². The van der Waals surface area contributed by atoms with E-state index in [1.165, 1.54) is 6.07 Å². The molecule has 0 unspecified atom stereocenters. The van der Waals surface area contributed by atoms with Crippen molar-refractivity contribution in [3.63, 3.8) is 0 Å². The predicted octanol–water partition coefficient (Wildman–Crippen LogP) is 2.62. The van der Waals surface area contributed by atoms with Crippen molar-refractivity contribution in [1.29, 1.82) is 0 Å². The van der Waals surface area contributed by atoms with Gasteiger partial charge in [0.05, 0.1) is 6.54 Å². The third-order valence-electron chi connectivity index (χ3n) is 2.76. The van der Waals surface area contributed by atoms with Crippen LogP contribution < -0.4 is 25.3 Å². The largest absolute Gasteiger partial charge is 0.454 e. The molecule has 128 valence electrons. The van der Waals surface area contributed by atoms with Crippen LogP contribution in [0.5, 0.6) is 17.2 Å². The number of alkyl halides is 2. The van der Waals surface area contributed by atoms with Crippen LogP contribution in [0, 0.1) is 0 Å². The van der Waals surface area contributed by atoms with Crippen molar-refractivity contribution >= 4 is 29.9 Å². The number of ether oxygens (including phenoxy) is 3. The summed E-state index contributed by atoms with van der Waals surface area (Å²) in [6.07, 6.45) is 0. The summed E-state index contributed by atoms with van der Waals surface area (Å²) in [4.78, 5) is 4.08. The average Bonchev–Trinajstić information content (AvgIpc) is 2.89. The molecule has 23 heavy (non-hydrogen) atoms. The molecule has 0 saturated heterocycles. The second kappa shape index (κ2) is 8.75. The zero-order valence-electron chi connectivity index (χ0n) is 12.5. The van der Waals surface area contributed by atoms with Gasteiger partial charge < -0.3 is 25.3 Å². The second-order valence-corrected chi connectivity index (χ2v) is 4.70. The van der Waals surface area contributed by atoms with E-state index in [4.69, 9.17) is 15.2 Å². The summed E-state index contributed by atoms with van der Waals surface area (Å²) in [5.74, 6) is 0.983. The number of aliphatic imine (C=N–C) groups is 1. The molecule has 0 aromatic heterocycles. The van der Waals surface area contributed by atoms with Crippen molar-refractivity contribution < 1.29 is 23.0 Å². The van der Waals surface area contributed by atoms with Crippen LogP contribution in [-0.4, -0.2) is 25.9 Å². The van der Waals surface area contributed by atoms with Gasteiger partial charge in [0.15, 0.2) is 17.5 Å². The number of guanidine groups is 1. The number of hydrogen-bond donors (Lipinski definition) is 2. The van der Waals surface area contributed by atoms with E-state index in [0.29, 0.717) is 23.6 Å². The molecular formula is C14H18F2IN3O3. The number of nitrogens with one attached hydrogen (secondary N) is 1. The Morgan fingerprint density at radius 2 is 2.09 bits per heavy atom. The van der Waals surface area contributed by atoms with Crippen LogP contribution in [0.15, 0.2) is 29.3 Å². The van der Waals surface area contributed by atoms with E-state index in [1.807, 2.05) is 6.92 Å². The molecule has 0 fully saturated rings. The molecule has 0 saturated carbocycles. The van der Waals surface area contributed by atoms with Gasteiger partial charge >= 0.3 is 6.61 Å². The van der Waals surface area contributed by atoms with Gasteiger partial charge in [-0.2, -0.15) is 8.78 Å². The standard InChI is InChI=1S/C14H17F2N3O3.HI/c1-8(2)5-18-14(17)19-6-9-3-11-12(21-7-20-11)4-10(9)22-13(15)16;/h3-4,13H,1,5-7H2,2H3,(H3,17,18,19);1H. The van der Waals surface area contributed by atoms with E-state index < -0.39 is 6.61 Å². The van der Waals surface area contributed by atoms with Crippen molar-refractivity contribution in [1.82, 2.24) is 5.32 Å². The van der Waals surface area contributed by atoms with E-state index in [2.05, 4.69) is 21.6 Å². The first-order valence-corrected chi connectivity index (χ1v) is 6.51. The Balaban J connectivity index is 0.00000264. The molecule has 6 nitrogen and oxygen atoms in total. The summed E-state index contributed by atoms with van der Waals surface area (Å²) < 4.78 is 39.8. The SMILES string of the molecule is C=C(C)CNC(N)=NCc1cc2c(cc1OC(F)F)OCO2.I. The fraction of sp³-hybridized carbons (Fsp3) is 0.357. The van der Waals surface area contributed by atoms with Crippen LogP contribution in [0.25, 0.3) is 0 Å². The van der Waals surface area contributed by atoms with Gasteiger partial charge in [-0.15, -0.1) is 24.0 Å². The van der Waals surface area contributed by atoms with Crippen molar-refractivity contribution in [3.05, 3.63) is 29.8 Å². The van der Waals surface area contributed by atoms with Gasteiger partial charge in [-0.1, -0.05) is 12.2 Å². The number of fused-ring (bicyclic) bond motifs is 1. The number of nitrogens with two attached hydrogens (primary N) is 1. The maximum atomic E-state index is 12.5. The average molecular weight is 441 g/mol. The van der Waals surface area contributed by atoms with Gasteiger partial charge in [0.1, 0.15) is 5.75 Å².